The lowest BCUT2D eigenvalue weighted by molar-refractivity contribution is 0.109. The van der Waals surface area contributed by atoms with Gasteiger partial charge in [0.15, 0.2) is 0 Å². The van der Waals surface area contributed by atoms with E-state index < -0.39 is 5.67 Å². The van der Waals surface area contributed by atoms with Crippen molar-refractivity contribution >= 4 is 22.6 Å². The molecule has 20 heavy (non-hydrogen) atoms. The molecule has 4 aliphatic carbocycles. The first kappa shape index (κ1) is 13.5. The third-order valence-corrected chi connectivity index (χ3v) is 6.12. The third kappa shape index (κ3) is 1.41. The number of halogens is 2. The van der Waals surface area contributed by atoms with Crippen LogP contribution >= 0.6 is 22.6 Å². The summed E-state index contributed by atoms with van der Waals surface area (Å²) in [6, 6.07) is 2.54. The summed E-state index contributed by atoms with van der Waals surface area (Å²) in [6.45, 7) is 4.89. The Morgan fingerprint density at radius 1 is 1.55 bits per heavy atom. The first-order valence-corrected chi connectivity index (χ1v) is 8.49. The highest BCUT2D eigenvalue weighted by molar-refractivity contribution is 14.1. The first-order chi connectivity index (χ1) is 9.32. The van der Waals surface area contributed by atoms with E-state index in [2.05, 4.69) is 52.3 Å². The van der Waals surface area contributed by atoms with Crippen LogP contribution in [0.5, 0.6) is 0 Å². The summed E-state index contributed by atoms with van der Waals surface area (Å²) in [4.78, 5) is 2.00. The average Bonchev–Trinajstić information content (AvgIpc) is 2.99. The topological polar surface area (TPSA) is 21.1 Å². The van der Waals surface area contributed by atoms with Crippen molar-refractivity contribution in [3.63, 3.8) is 0 Å². The van der Waals surface area contributed by atoms with Crippen molar-refractivity contribution in [1.82, 2.24) is 14.7 Å². The average molecular weight is 389 g/mol. The molecule has 0 spiro atoms. The molecule has 4 fully saturated rings. The molecule has 1 heterocycles. The maximum absolute atomic E-state index is 15.2. The van der Waals surface area contributed by atoms with Crippen LogP contribution in [0, 0.1) is 21.5 Å². The lowest BCUT2D eigenvalue weighted by Gasteiger charge is -2.24. The van der Waals surface area contributed by atoms with E-state index in [4.69, 9.17) is 0 Å². The van der Waals surface area contributed by atoms with E-state index >= 15 is 4.39 Å². The van der Waals surface area contributed by atoms with Crippen LogP contribution in [-0.2, 0) is 5.41 Å². The molecule has 4 aliphatic rings. The lowest BCUT2D eigenvalue weighted by atomic mass is 9.96. The van der Waals surface area contributed by atoms with Crippen LogP contribution in [0.3, 0.4) is 0 Å². The number of rotatable bonds is 4. The fraction of sp³-hybridized carbons (Fsp3) is 0.800. The molecule has 0 aliphatic heterocycles. The number of alkyl halides is 1. The molecule has 2 bridgehead atoms. The first-order valence-electron chi connectivity index (χ1n) is 7.41. The monoisotopic (exact) mass is 389 g/mol. The van der Waals surface area contributed by atoms with Gasteiger partial charge in [-0.25, -0.2) is 4.39 Å². The number of hydrogen-bond acceptors (Lipinski definition) is 2. The van der Waals surface area contributed by atoms with Crippen molar-refractivity contribution in [2.24, 2.45) is 17.8 Å². The minimum absolute atomic E-state index is 0.144. The largest absolute Gasteiger partial charge is 0.306 e. The fourth-order valence-corrected chi connectivity index (χ4v) is 5.65. The quantitative estimate of drug-likeness (QED) is 0.739. The minimum atomic E-state index is -0.976. The molecule has 1 aromatic heterocycles. The van der Waals surface area contributed by atoms with Crippen molar-refractivity contribution in [2.45, 2.75) is 37.4 Å². The number of nitrogens with zero attached hydrogens (tertiary/aromatic N) is 3. The van der Waals surface area contributed by atoms with Crippen LogP contribution < -0.4 is 0 Å². The summed E-state index contributed by atoms with van der Waals surface area (Å²) in [5, 5.41) is 4.62. The summed E-state index contributed by atoms with van der Waals surface area (Å²) in [7, 11) is 3.95. The van der Waals surface area contributed by atoms with Gasteiger partial charge in [0.25, 0.3) is 0 Å². The summed E-state index contributed by atoms with van der Waals surface area (Å²) in [6.07, 6.45) is 0.750. The van der Waals surface area contributed by atoms with Crippen molar-refractivity contribution in [1.29, 1.82) is 0 Å². The van der Waals surface area contributed by atoms with Crippen molar-refractivity contribution in [3.05, 3.63) is 15.5 Å². The van der Waals surface area contributed by atoms with Crippen LogP contribution in [0.1, 0.15) is 32.0 Å². The van der Waals surface area contributed by atoms with E-state index in [0.29, 0.717) is 24.4 Å². The molecule has 0 radical (unpaired) electrons. The van der Waals surface area contributed by atoms with Gasteiger partial charge in [0, 0.05) is 29.6 Å². The Hall–Kier alpha value is -0.170. The van der Waals surface area contributed by atoms with Gasteiger partial charge in [-0.05, 0) is 74.9 Å². The molecule has 0 saturated heterocycles. The van der Waals surface area contributed by atoms with Crippen LogP contribution in [0.2, 0.25) is 0 Å². The molecule has 0 N–H and O–H groups in total. The SMILES string of the molecule is CC(C)n1nc(I)cc1[C@@]12C3[C@H]1[C@H]2CC3(F)CN(C)C. The van der Waals surface area contributed by atoms with Gasteiger partial charge in [-0.1, -0.05) is 0 Å². The lowest BCUT2D eigenvalue weighted by Crippen LogP contribution is -2.36. The maximum Gasteiger partial charge on any atom is 0.128 e. The van der Waals surface area contributed by atoms with E-state index in [9.17, 15) is 0 Å². The van der Waals surface area contributed by atoms with Crippen molar-refractivity contribution < 1.29 is 4.39 Å². The Labute approximate surface area is 133 Å². The fourth-order valence-electron chi connectivity index (χ4n) is 5.12. The van der Waals surface area contributed by atoms with E-state index in [1.54, 1.807) is 0 Å². The van der Waals surface area contributed by atoms with Crippen molar-refractivity contribution in [2.75, 3.05) is 20.6 Å². The van der Waals surface area contributed by atoms with E-state index in [1.165, 1.54) is 5.69 Å². The molecule has 0 aromatic carbocycles. The summed E-state index contributed by atoms with van der Waals surface area (Å²) < 4.78 is 18.4. The molecule has 5 heteroatoms. The van der Waals surface area contributed by atoms with E-state index in [1.807, 2.05) is 19.0 Å². The summed E-state index contributed by atoms with van der Waals surface area (Å²) in [5.41, 5.74) is 0.470. The van der Waals surface area contributed by atoms with Gasteiger partial charge < -0.3 is 4.90 Å². The molecule has 4 saturated carbocycles. The standard InChI is InChI=1S/C15H21FIN3/c1-8(2)20-10(5-11(17)18-20)15-9-6-14(16,7-19(3)4)13(15)12(9)15/h5,8-9,12-13H,6-7H2,1-4H3/t9-,12-,13?,14?,15-/m1/s1. The van der Waals surface area contributed by atoms with Crippen molar-refractivity contribution in [3.8, 4) is 0 Å². The molecule has 110 valence electrons. The maximum atomic E-state index is 15.2. The molecule has 2 unspecified atom stereocenters. The Morgan fingerprint density at radius 2 is 2.25 bits per heavy atom. The van der Waals surface area contributed by atoms with E-state index in [0.717, 1.165) is 10.1 Å². The van der Waals surface area contributed by atoms with Crippen LogP contribution in [0.25, 0.3) is 0 Å². The zero-order valence-electron chi connectivity index (χ0n) is 12.4. The molecule has 5 rings (SSSR count). The Balaban J connectivity index is 1.68. The number of hydrogen-bond donors (Lipinski definition) is 0. The second kappa shape index (κ2) is 3.77. The van der Waals surface area contributed by atoms with Gasteiger partial charge in [0.2, 0.25) is 0 Å². The number of fused-ring (bicyclic) bond motifs is 1. The second-order valence-corrected chi connectivity index (χ2v) is 8.52. The normalized spacial score (nSPS) is 44.3. The Bertz CT molecular complexity index is 578. The van der Waals surface area contributed by atoms with Gasteiger partial charge in [-0.3, -0.25) is 4.68 Å². The Morgan fingerprint density at radius 3 is 2.80 bits per heavy atom. The molecule has 0 amide bonds. The van der Waals surface area contributed by atoms with Gasteiger partial charge in [0.05, 0.1) is 0 Å². The summed E-state index contributed by atoms with van der Waals surface area (Å²) >= 11 is 2.28. The zero-order chi connectivity index (χ0) is 14.4. The Kier molecular flexibility index (Phi) is 2.55. The van der Waals surface area contributed by atoms with Gasteiger partial charge in [-0.15, -0.1) is 0 Å². The predicted molar refractivity (Wildman–Crippen MR) is 84.5 cm³/mol. The molecular formula is C15H21FIN3. The van der Waals surface area contributed by atoms with E-state index in [-0.39, 0.29) is 11.3 Å². The third-order valence-electron chi connectivity index (χ3n) is 5.59. The smallest absolute Gasteiger partial charge is 0.128 e. The van der Waals surface area contributed by atoms with Crippen LogP contribution in [0.4, 0.5) is 4.39 Å². The highest BCUT2D eigenvalue weighted by Gasteiger charge is 2.97. The van der Waals surface area contributed by atoms with Crippen LogP contribution in [-0.4, -0.2) is 41.0 Å². The van der Waals surface area contributed by atoms with Crippen LogP contribution in [0.15, 0.2) is 6.07 Å². The zero-order valence-corrected chi connectivity index (χ0v) is 14.6. The summed E-state index contributed by atoms with van der Waals surface area (Å²) in [5.74, 6) is 1.41. The molecular weight excluding hydrogens is 368 g/mol. The second-order valence-electron chi connectivity index (χ2n) is 7.41. The number of aromatic nitrogens is 2. The van der Waals surface area contributed by atoms with Gasteiger partial charge in [0.1, 0.15) is 9.37 Å². The molecule has 5 atom stereocenters. The highest BCUT2D eigenvalue weighted by atomic mass is 127. The molecule has 3 nitrogen and oxygen atoms in total. The highest BCUT2D eigenvalue weighted by Crippen LogP contribution is 2.93. The van der Waals surface area contributed by atoms with Gasteiger partial charge >= 0.3 is 0 Å². The van der Waals surface area contributed by atoms with Gasteiger partial charge in [-0.2, -0.15) is 5.10 Å². The molecule has 1 aromatic rings. The predicted octanol–water partition coefficient (Wildman–Crippen LogP) is 2.86. The minimum Gasteiger partial charge on any atom is -0.306 e.